The number of nitrogens with one attached hydrogen (secondary N) is 1. The molecule has 3 rings (SSSR count). The molecule has 7 heteroatoms. The summed E-state index contributed by atoms with van der Waals surface area (Å²) >= 11 is 13.5. The molecular formula is C18H12Cl2N2O2S. The Hall–Kier alpha value is -2.26. The maximum absolute atomic E-state index is 12.4. The molecule has 25 heavy (non-hydrogen) atoms. The topological polar surface area (TPSA) is 66.0 Å². The van der Waals surface area contributed by atoms with E-state index in [1.54, 1.807) is 30.3 Å². The van der Waals surface area contributed by atoms with E-state index in [1.165, 1.54) is 11.3 Å². The number of carbonyl (C=O) groups is 1. The van der Waals surface area contributed by atoms with Crippen molar-refractivity contribution in [1.29, 1.82) is 5.26 Å². The number of halogens is 2. The Kier molecular flexibility index (Phi) is 4.87. The van der Waals surface area contributed by atoms with E-state index in [1.807, 2.05) is 13.8 Å². The maximum atomic E-state index is 12.4. The summed E-state index contributed by atoms with van der Waals surface area (Å²) in [5.74, 6) is 0.137. The fourth-order valence-corrected chi connectivity index (χ4v) is 3.69. The minimum absolute atomic E-state index is 0.124. The lowest BCUT2D eigenvalue weighted by Crippen LogP contribution is -2.10. The number of nitrogens with zero attached hydrogens (tertiary/aromatic N) is 1. The summed E-state index contributed by atoms with van der Waals surface area (Å²) < 4.78 is 5.62. The van der Waals surface area contributed by atoms with Crippen LogP contribution in [0.5, 0.6) is 0 Å². The zero-order chi connectivity index (χ0) is 18.1. The summed E-state index contributed by atoms with van der Waals surface area (Å²) in [6.07, 6.45) is 0. The first-order valence-electron chi connectivity index (χ1n) is 7.27. The van der Waals surface area contributed by atoms with Crippen molar-refractivity contribution in [2.45, 2.75) is 13.8 Å². The van der Waals surface area contributed by atoms with Gasteiger partial charge in [0.15, 0.2) is 5.76 Å². The molecule has 2 aromatic heterocycles. The molecule has 1 aromatic carbocycles. The van der Waals surface area contributed by atoms with Gasteiger partial charge in [-0.05, 0) is 49.7 Å². The van der Waals surface area contributed by atoms with Gasteiger partial charge in [0.2, 0.25) is 0 Å². The molecule has 3 aromatic rings. The van der Waals surface area contributed by atoms with Gasteiger partial charge in [0.05, 0.1) is 10.6 Å². The molecule has 0 bridgehead atoms. The number of hydrogen-bond donors (Lipinski definition) is 1. The molecule has 0 fully saturated rings. The number of benzene rings is 1. The van der Waals surface area contributed by atoms with Crippen molar-refractivity contribution in [3.8, 4) is 17.4 Å². The highest BCUT2D eigenvalue weighted by molar-refractivity contribution is 7.16. The molecular weight excluding hydrogens is 379 g/mol. The highest BCUT2D eigenvalue weighted by Gasteiger charge is 2.18. The molecule has 0 aliphatic heterocycles. The van der Waals surface area contributed by atoms with Gasteiger partial charge in [-0.1, -0.05) is 23.2 Å². The summed E-state index contributed by atoms with van der Waals surface area (Å²) in [5, 5.41) is 13.5. The largest absolute Gasteiger partial charge is 0.451 e. The fraction of sp³-hybridized carbons (Fsp3) is 0.111. The average molecular weight is 391 g/mol. The molecule has 4 nitrogen and oxygen atoms in total. The van der Waals surface area contributed by atoms with E-state index in [0.717, 1.165) is 10.4 Å². The number of furan rings is 1. The summed E-state index contributed by atoms with van der Waals surface area (Å²) in [5.41, 5.74) is 1.95. The predicted octanol–water partition coefficient (Wildman–Crippen LogP) is 6.06. The van der Waals surface area contributed by atoms with Gasteiger partial charge < -0.3 is 9.73 Å². The van der Waals surface area contributed by atoms with Gasteiger partial charge in [-0.15, -0.1) is 11.3 Å². The van der Waals surface area contributed by atoms with E-state index in [-0.39, 0.29) is 5.76 Å². The first-order chi connectivity index (χ1) is 11.9. The molecule has 0 aliphatic rings. The van der Waals surface area contributed by atoms with Gasteiger partial charge in [0.25, 0.3) is 5.91 Å². The van der Waals surface area contributed by atoms with Crippen LogP contribution in [-0.2, 0) is 0 Å². The minimum Gasteiger partial charge on any atom is -0.451 e. The maximum Gasteiger partial charge on any atom is 0.292 e. The van der Waals surface area contributed by atoms with E-state index >= 15 is 0 Å². The van der Waals surface area contributed by atoms with Crippen molar-refractivity contribution >= 4 is 45.4 Å². The van der Waals surface area contributed by atoms with Crippen molar-refractivity contribution in [2.24, 2.45) is 0 Å². The van der Waals surface area contributed by atoms with Crippen LogP contribution in [-0.4, -0.2) is 5.91 Å². The quantitative estimate of drug-likeness (QED) is 0.591. The van der Waals surface area contributed by atoms with Gasteiger partial charge in [-0.3, -0.25) is 4.79 Å². The van der Waals surface area contributed by atoms with Crippen LogP contribution in [0.1, 0.15) is 26.6 Å². The molecule has 0 aliphatic carbocycles. The van der Waals surface area contributed by atoms with Gasteiger partial charge >= 0.3 is 0 Å². The van der Waals surface area contributed by atoms with E-state index in [2.05, 4.69) is 11.4 Å². The molecule has 1 amide bonds. The molecule has 0 radical (unpaired) electrons. The predicted molar refractivity (Wildman–Crippen MR) is 101 cm³/mol. The van der Waals surface area contributed by atoms with Crippen LogP contribution in [0.3, 0.4) is 0 Å². The van der Waals surface area contributed by atoms with Gasteiger partial charge in [-0.2, -0.15) is 5.26 Å². The zero-order valence-corrected chi connectivity index (χ0v) is 15.6. The Bertz CT molecular complexity index is 1010. The minimum atomic E-state index is -0.429. The highest BCUT2D eigenvalue weighted by Crippen LogP contribution is 2.34. The standard InChI is InChI=1S/C18H12Cl2N2O2S/c1-9-10(2)25-18(13(9)8-21)22-17(23)16-6-5-15(24-16)12-7-11(19)3-4-14(12)20/h3-7H,1-2H3,(H,22,23). The van der Waals surface area contributed by atoms with Gasteiger partial charge in [0, 0.05) is 15.5 Å². The average Bonchev–Trinajstić information content (AvgIpc) is 3.16. The van der Waals surface area contributed by atoms with E-state index in [0.29, 0.717) is 31.9 Å². The second-order valence-electron chi connectivity index (χ2n) is 5.34. The number of carbonyl (C=O) groups excluding carboxylic acids is 1. The number of thiophene rings is 1. The molecule has 0 saturated heterocycles. The van der Waals surface area contributed by atoms with Crippen molar-refractivity contribution in [3.63, 3.8) is 0 Å². The third-order valence-corrected chi connectivity index (χ3v) is 5.44. The van der Waals surface area contributed by atoms with Crippen molar-refractivity contribution in [2.75, 3.05) is 5.32 Å². The zero-order valence-electron chi connectivity index (χ0n) is 13.3. The van der Waals surface area contributed by atoms with Crippen molar-refractivity contribution in [1.82, 2.24) is 0 Å². The molecule has 1 N–H and O–H groups in total. The van der Waals surface area contributed by atoms with Gasteiger partial charge in [-0.25, -0.2) is 0 Å². The second kappa shape index (κ2) is 6.93. The number of nitriles is 1. The van der Waals surface area contributed by atoms with Gasteiger partial charge in [0.1, 0.15) is 16.8 Å². The number of rotatable bonds is 3. The summed E-state index contributed by atoms with van der Waals surface area (Å²) in [4.78, 5) is 13.4. The van der Waals surface area contributed by atoms with Crippen LogP contribution in [0.2, 0.25) is 10.0 Å². The number of amides is 1. The van der Waals surface area contributed by atoms with Crippen LogP contribution in [0.25, 0.3) is 11.3 Å². The number of aryl methyl sites for hydroxylation is 1. The number of anilines is 1. The second-order valence-corrected chi connectivity index (χ2v) is 7.41. The number of hydrogen-bond acceptors (Lipinski definition) is 4. The normalized spacial score (nSPS) is 10.5. The Labute approximate surface area is 158 Å². The lowest BCUT2D eigenvalue weighted by atomic mass is 10.2. The Balaban J connectivity index is 1.88. The van der Waals surface area contributed by atoms with Crippen LogP contribution < -0.4 is 5.32 Å². The lowest BCUT2D eigenvalue weighted by molar-refractivity contribution is 0.0998. The SMILES string of the molecule is Cc1sc(NC(=O)c2ccc(-c3cc(Cl)ccc3Cl)o2)c(C#N)c1C. The van der Waals surface area contributed by atoms with E-state index < -0.39 is 5.91 Å². The molecule has 2 heterocycles. The Morgan fingerprint density at radius 1 is 1.24 bits per heavy atom. The van der Waals surface area contributed by atoms with E-state index in [4.69, 9.17) is 27.6 Å². The first kappa shape index (κ1) is 17.6. The van der Waals surface area contributed by atoms with Crippen molar-refractivity contribution < 1.29 is 9.21 Å². The smallest absolute Gasteiger partial charge is 0.292 e. The van der Waals surface area contributed by atoms with Crippen molar-refractivity contribution in [3.05, 3.63) is 62.1 Å². The summed E-state index contributed by atoms with van der Waals surface area (Å²) in [6.45, 7) is 3.76. The summed E-state index contributed by atoms with van der Waals surface area (Å²) in [7, 11) is 0. The lowest BCUT2D eigenvalue weighted by Gasteiger charge is -2.02. The molecule has 0 saturated carbocycles. The monoisotopic (exact) mass is 390 g/mol. The fourth-order valence-electron chi connectivity index (χ4n) is 2.31. The molecule has 0 unspecified atom stereocenters. The Morgan fingerprint density at radius 2 is 2.00 bits per heavy atom. The molecule has 126 valence electrons. The molecule has 0 spiro atoms. The Morgan fingerprint density at radius 3 is 2.72 bits per heavy atom. The third kappa shape index (κ3) is 3.42. The van der Waals surface area contributed by atoms with Crippen LogP contribution in [0.4, 0.5) is 5.00 Å². The first-order valence-corrected chi connectivity index (χ1v) is 8.84. The van der Waals surface area contributed by atoms with E-state index in [9.17, 15) is 10.1 Å². The summed E-state index contributed by atoms with van der Waals surface area (Å²) in [6, 6.07) is 10.3. The van der Waals surface area contributed by atoms with Crippen LogP contribution in [0, 0.1) is 25.2 Å². The van der Waals surface area contributed by atoms with Crippen LogP contribution >= 0.6 is 34.5 Å². The van der Waals surface area contributed by atoms with Crippen LogP contribution in [0.15, 0.2) is 34.7 Å². The highest BCUT2D eigenvalue weighted by atomic mass is 35.5. The molecule has 0 atom stereocenters. The third-order valence-electron chi connectivity index (χ3n) is 3.75.